The minimum atomic E-state index is -0.567. The molecule has 0 bridgehead atoms. The number of aromatic amines is 1. The standard InChI is InChI=1S/C21H15N3O5/c25-16-4-2-1-3-13(16)15-7-6-14-19(22-15)24(21(27)23-20(14)26)10-12-5-8-17-18(9-12)29-11-28-17/h1-9,25H,10-11H2,(H,23,26,27). The minimum absolute atomic E-state index is 0.0638. The molecule has 8 nitrogen and oxygen atoms in total. The Bertz CT molecular complexity index is 1370. The van der Waals surface area contributed by atoms with Crippen molar-refractivity contribution in [1.82, 2.24) is 14.5 Å². The number of aromatic nitrogens is 3. The summed E-state index contributed by atoms with van der Waals surface area (Å²) >= 11 is 0. The molecule has 0 saturated carbocycles. The van der Waals surface area contributed by atoms with Gasteiger partial charge in [-0.1, -0.05) is 18.2 Å². The van der Waals surface area contributed by atoms with E-state index in [9.17, 15) is 14.7 Å². The van der Waals surface area contributed by atoms with Crippen LogP contribution >= 0.6 is 0 Å². The second-order valence-corrected chi connectivity index (χ2v) is 6.62. The van der Waals surface area contributed by atoms with Gasteiger partial charge in [-0.2, -0.15) is 0 Å². The summed E-state index contributed by atoms with van der Waals surface area (Å²) < 4.78 is 12.1. The molecule has 0 fully saturated rings. The molecular formula is C21H15N3O5. The lowest BCUT2D eigenvalue weighted by atomic mass is 10.1. The van der Waals surface area contributed by atoms with E-state index >= 15 is 0 Å². The number of aromatic hydroxyl groups is 1. The van der Waals surface area contributed by atoms with Crippen molar-refractivity contribution < 1.29 is 14.6 Å². The summed E-state index contributed by atoms with van der Waals surface area (Å²) in [4.78, 5) is 31.7. The molecule has 0 spiro atoms. The van der Waals surface area contributed by atoms with Crippen LogP contribution in [0.25, 0.3) is 22.3 Å². The number of fused-ring (bicyclic) bond motifs is 2. The van der Waals surface area contributed by atoms with Gasteiger partial charge in [-0.15, -0.1) is 0 Å². The number of phenolic OH excluding ortho intramolecular Hbond substituents is 1. The molecule has 2 N–H and O–H groups in total. The summed E-state index contributed by atoms with van der Waals surface area (Å²) in [5.41, 5.74) is 0.916. The van der Waals surface area contributed by atoms with Crippen LogP contribution < -0.4 is 20.7 Å². The summed E-state index contributed by atoms with van der Waals surface area (Å²) in [5.74, 6) is 1.31. The monoisotopic (exact) mass is 389 g/mol. The Hall–Kier alpha value is -4.07. The molecule has 0 saturated heterocycles. The molecule has 0 radical (unpaired) electrons. The fourth-order valence-electron chi connectivity index (χ4n) is 3.37. The van der Waals surface area contributed by atoms with Crippen molar-refractivity contribution in [2.24, 2.45) is 0 Å². The zero-order chi connectivity index (χ0) is 20.0. The van der Waals surface area contributed by atoms with Crippen LogP contribution in [0, 0.1) is 0 Å². The van der Waals surface area contributed by atoms with Gasteiger partial charge in [-0.05, 0) is 42.0 Å². The maximum atomic E-state index is 12.6. The Morgan fingerprint density at radius 2 is 1.86 bits per heavy atom. The normalized spacial score (nSPS) is 12.4. The summed E-state index contributed by atoms with van der Waals surface area (Å²) in [6.07, 6.45) is 0. The van der Waals surface area contributed by atoms with E-state index in [1.54, 1.807) is 48.5 Å². The van der Waals surface area contributed by atoms with Crippen LogP contribution in [0.5, 0.6) is 17.2 Å². The smallest absolute Gasteiger partial charge is 0.330 e. The third-order valence-corrected chi connectivity index (χ3v) is 4.80. The third kappa shape index (κ3) is 2.91. The molecule has 2 aromatic heterocycles. The number of hydrogen-bond donors (Lipinski definition) is 2. The fourth-order valence-corrected chi connectivity index (χ4v) is 3.37. The quantitative estimate of drug-likeness (QED) is 0.557. The number of pyridine rings is 1. The van der Waals surface area contributed by atoms with E-state index in [2.05, 4.69) is 9.97 Å². The zero-order valence-corrected chi connectivity index (χ0v) is 15.1. The van der Waals surface area contributed by atoms with E-state index in [1.165, 1.54) is 4.57 Å². The first-order valence-electron chi connectivity index (χ1n) is 8.91. The van der Waals surface area contributed by atoms with Crippen molar-refractivity contribution in [1.29, 1.82) is 0 Å². The van der Waals surface area contributed by atoms with Crippen molar-refractivity contribution in [3.8, 4) is 28.5 Å². The molecule has 29 heavy (non-hydrogen) atoms. The van der Waals surface area contributed by atoms with Gasteiger partial charge in [-0.3, -0.25) is 14.3 Å². The Kier molecular flexibility index (Phi) is 3.83. The number of phenols is 1. The number of ether oxygens (including phenoxy) is 2. The first kappa shape index (κ1) is 17.1. The van der Waals surface area contributed by atoms with Crippen molar-refractivity contribution >= 4 is 11.0 Å². The Morgan fingerprint density at radius 1 is 1.03 bits per heavy atom. The van der Waals surface area contributed by atoms with Gasteiger partial charge in [0, 0.05) is 5.56 Å². The lowest BCUT2D eigenvalue weighted by molar-refractivity contribution is 0.174. The second-order valence-electron chi connectivity index (χ2n) is 6.62. The summed E-state index contributed by atoms with van der Waals surface area (Å²) in [7, 11) is 0. The Balaban J connectivity index is 1.68. The highest BCUT2D eigenvalue weighted by Crippen LogP contribution is 2.33. The average molecular weight is 389 g/mol. The molecule has 1 aliphatic rings. The molecular weight excluding hydrogens is 374 g/mol. The highest BCUT2D eigenvalue weighted by Gasteiger charge is 2.16. The first-order chi connectivity index (χ1) is 14.1. The largest absolute Gasteiger partial charge is 0.507 e. The minimum Gasteiger partial charge on any atom is -0.507 e. The fraction of sp³-hybridized carbons (Fsp3) is 0.0952. The maximum Gasteiger partial charge on any atom is 0.330 e. The summed E-state index contributed by atoms with van der Waals surface area (Å²) in [6, 6.07) is 15.4. The van der Waals surface area contributed by atoms with E-state index in [0.29, 0.717) is 22.8 Å². The Labute approximate surface area is 163 Å². The zero-order valence-electron chi connectivity index (χ0n) is 15.1. The highest BCUT2D eigenvalue weighted by molar-refractivity contribution is 5.79. The lowest BCUT2D eigenvalue weighted by Crippen LogP contribution is -2.31. The molecule has 0 amide bonds. The number of nitrogens with one attached hydrogen (secondary N) is 1. The van der Waals surface area contributed by atoms with Crippen LogP contribution in [0.3, 0.4) is 0 Å². The van der Waals surface area contributed by atoms with Gasteiger partial charge in [0.1, 0.15) is 5.75 Å². The average Bonchev–Trinajstić information content (AvgIpc) is 3.19. The molecule has 0 aliphatic carbocycles. The predicted octanol–water partition coefficient (Wildman–Crippen LogP) is 2.23. The van der Waals surface area contributed by atoms with Gasteiger partial charge in [0.15, 0.2) is 17.1 Å². The van der Waals surface area contributed by atoms with Crippen molar-refractivity contribution in [3.63, 3.8) is 0 Å². The molecule has 3 heterocycles. The van der Waals surface area contributed by atoms with E-state index in [0.717, 1.165) is 5.56 Å². The molecule has 2 aromatic carbocycles. The van der Waals surface area contributed by atoms with E-state index in [4.69, 9.17) is 9.47 Å². The van der Waals surface area contributed by atoms with Gasteiger partial charge in [0.2, 0.25) is 6.79 Å². The Morgan fingerprint density at radius 3 is 2.72 bits per heavy atom. The van der Waals surface area contributed by atoms with Crippen LogP contribution in [-0.2, 0) is 6.54 Å². The molecule has 0 unspecified atom stereocenters. The van der Waals surface area contributed by atoms with Gasteiger partial charge in [0.25, 0.3) is 5.56 Å². The lowest BCUT2D eigenvalue weighted by Gasteiger charge is -2.11. The SMILES string of the molecule is O=c1[nH]c(=O)n(Cc2ccc3c(c2)OCO3)c2nc(-c3ccccc3O)ccc12. The van der Waals surface area contributed by atoms with Crippen LogP contribution in [0.1, 0.15) is 5.56 Å². The van der Waals surface area contributed by atoms with E-state index < -0.39 is 11.2 Å². The molecule has 8 heteroatoms. The number of nitrogens with zero attached hydrogens (tertiary/aromatic N) is 2. The van der Waals surface area contributed by atoms with Crippen LogP contribution in [0.4, 0.5) is 0 Å². The van der Waals surface area contributed by atoms with Crippen LogP contribution in [0.15, 0.2) is 64.2 Å². The summed E-state index contributed by atoms with van der Waals surface area (Å²) in [5, 5.41) is 10.4. The summed E-state index contributed by atoms with van der Waals surface area (Å²) in [6.45, 7) is 0.339. The number of para-hydroxylation sites is 1. The first-order valence-corrected chi connectivity index (χ1v) is 8.91. The van der Waals surface area contributed by atoms with Crippen LogP contribution in [-0.4, -0.2) is 26.4 Å². The topological polar surface area (TPSA) is 106 Å². The van der Waals surface area contributed by atoms with E-state index in [-0.39, 0.29) is 30.1 Å². The van der Waals surface area contributed by atoms with E-state index in [1.807, 2.05) is 6.07 Å². The number of H-pyrrole nitrogens is 1. The van der Waals surface area contributed by atoms with Crippen molar-refractivity contribution in [2.75, 3.05) is 6.79 Å². The van der Waals surface area contributed by atoms with Gasteiger partial charge < -0.3 is 14.6 Å². The molecule has 5 rings (SSSR count). The number of hydrogen-bond acceptors (Lipinski definition) is 6. The maximum absolute atomic E-state index is 12.6. The predicted molar refractivity (Wildman–Crippen MR) is 105 cm³/mol. The molecule has 1 aliphatic heterocycles. The van der Waals surface area contributed by atoms with Gasteiger partial charge in [-0.25, -0.2) is 9.78 Å². The van der Waals surface area contributed by atoms with Crippen molar-refractivity contribution in [2.45, 2.75) is 6.54 Å². The highest BCUT2D eigenvalue weighted by atomic mass is 16.7. The molecule has 0 atom stereocenters. The second kappa shape index (κ2) is 6.52. The third-order valence-electron chi connectivity index (χ3n) is 4.80. The molecule has 4 aromatic rings. The number of benzene rings is 2. The van der Waals surface area contributed by atoms with Gasteiger partial charge >= 0.3 is 5.69 Å². The number of rotatable bonds is 3. The molecule has 144 valence electrons. The van der Waals surface area contributed by atoms with Crippen LogP contribution in [0.2, 0.25) is 0 Å². The van der Waals surface area contributed by atoms with Crippen molar-refractivity contribution in [3.05, 3.63) is 81.0 Å². The van der Waals surface area contributed by atoms with Gasteiger partial charge in [0.05, 0.1) is 17.6 Å².